The number of aryl methyl sites for hydroxylation is 1. The molecule has 2 aromatic heterocycles. The Kier molecular flexibility index (Phi) is 3.96. The van der Waals surface area contributed by atoms with Gasteiger partial charge in [-0.3, -0.25) is 9.20 Å². The van der Waals surface area contributed by atoms with Crippen LogP contribution in [-0.4, -0.2) is 22.5 Å². The number of carbonyl (C=O) groups excluding carboxylic acids is 1. The van der Waals surface area contributed by atoms with E-state index in [0.29, 0.717) is 17.1 Å². The van der Waals surface area contributed by atoms with Crippen molar-refractivity contribution in [3.8, 4) is 0 Å². The van der Waals surface area contributed by atoms with E-state index in [4.69, 9.17) is 4.74 Å². The van der Waals surface area contributed by atoms with Crippen LogP contribution in [0.2, 0.25) is 0 Å². The van der Waals surface area contributed by atoms with Gasteiger partial charge >= 0.3 is 5.97 Å². The van der Waals surface area contributed by atoms with E-state index >= 15 is 0 Å². The summed E-state index contributed by atoms with van der Waals surface area (Å²) in [7, 11) is 1.34. The van der Waals surface area contributed by atoms with Gasteiger partial charge in [-0.1, -0.05) is 13.3 Å². The fraction of sp³-hybridized carbons (Fsp3) is 0.471. The van der Waals surface area contributed by atoms with Crippen LogP contribution in [0.4, 0.5) is 0 Å². The van der Waals surface area contributed by atoms with Crippen molar-refractivity contribution in [2.75, 3.05) is 7.11 Å². The molecular formula is C17H20N2O3. The summed E-state index contributed by atoms with van der Waals surface area (Å²) >= 11 is 0. The topological polar surface area (TPSA) is 60.7 Å². The Morgan fingerprint density at radius 2 is 2.18 bits per heavy atom. The summed E-state index contributed by atoms with van der Waals surface area (Å²) < 4.78 is 6.25. The number of pyridine rings is 1. The van der Waals surface area contributed by atoms with Gasteiger partial charge in [0.25, 0.3) is 5.56 Å². The summed E-state index contributed by atoms with van der Waals surface area (Å²) in [5.74, 6) is 0.229. The summed E-state index contributed by atoms with van der Waals surface area (Å²) in [6.45, 7) is 2.24. The van der Waals surface area contributed by atoms with Crippen LogP contribution in [0.1, 0.15) is 47.8 Å². The lowest BCUT2D eigenvalue weighted by Gasteiger charge is -2.17. The highest BCUT2D eigenvalue weighted by Crippen LogP contribution is 2.21. The molecule has 0 saturated carbocycles. The molecule has 0 aromatic carbocycles. The van der Waals surface area contributed by atoms with Crippen molar-refractivity contribution >= 4 is 11.6 Å². The van der Waals surface area contributed by atoms with E-state index in [9.17, 15) is 9.59 Å². The zero-order chi connectivity index (χ0) is 15.7. The summed E-state index contributed by atoms with van der Waals surface area (Å²) in [6.07, 6.45) is 6.46. The molecule has 22 heavy (non-hydrogen) atoms. The van der Waals surface area contributed by atoms with Gasteiger partial charge in [-0.15, -0.1) is 0 Å². The number of hydrogen-bond donors (Lipinski definition) is 0. The lowest BCUT2D eigenvalue weighted by atomic mass is 9.91. The molecule has 3 rings (SSSR count). The van der Waals surface area contributed by atoms with Crippen molar-refractivity contribution in [3.63, 3.8) is 0 Å². The predicted molar refractivity (Wildman–Crippen MR) is 83.2 cm³/mol. The predicted octanol–water partition coefficient (Wildman–Crippen LogP) is 2.39. The Morgan fingerprint density at radius 3 is 2.95 bits per heavy atom. The normalized spacial score (nSPS) is 18.4. The van der Waals surface area contributed by atoms with Crippen LogP contribution >= 0.6 is 0 Å². The molecule has 5 heteroatoms. The molecule has 0 spiro atoms. The Hall–Kier alpha value is -2.17. The average molecular weight is 300 g/mol. The summed E-state index contributed by atoms with van der Waals surface area (Å²) in [6, 6.07) is 3.22. The van der Waals surface area contributed by atoms with Crippen molar-refractivity contribution < 1.29 is 9.53 Å². The second-order valence-corrected chi connectivity index (χ2v) is 6.01. The molecule has 0 fully saturated rings. The minimum absolute atomic E-state index is 0.00878. The van der Waals surface area contributed by atoms with Gasteiger partial charge in [0.15, 0.2) is 0 Å². The number of esters is 1. The van der Waals surface area contributed by atoms with E-state index < -0.39 is 5.97 Å². The van der Waals surface area contributed by atoms with E-state index in [1.54, 1.807) is 18.3 Å². The number of ether oxygens (including phenoxy) is 1. The van der Waals surface area contributed by atoms with Crippen LogP contribution in [0.3, 0.4) is 0 Å². The SMILES string of the molecule is COC(=O)c1ccn2c(=O)c3c(nc2c1)CCCC(C)CC3. The van der Waals surface area contributed by atoms with Gasteiger partial charge in [-0.05, 0) is 43.7 Å². The van der Waals surface area contributed by atoms with Crippen molar-refractivity contribution in [2.24, 2.45) is 5.92 Å². The zero-order valence-corrected chi connectivity index (χ0v) is 13.0. The highest BCUT2D eigenvalue weighted by molar-refractivity contribution is 5.90. The average Bonchev–Trinajstić information content (AvgIpc) is 2.51. The molecule has 0 aliphatic heterocycles. The fourth-order valence-electron chi connectivity index (χ4n) is 3.08. The molecule has 1 aliphatic rings. The molecule has 0 bridgehead atoms. The van der Waals surface area contributed by atoms with E-state index in [-0.39, 0.29) is 5.56 Å². The summed E-state index contributed by atoms with van der Waals surface area (Å²) in [5.41, 5.74) is 2.63. The molecule has 0 radical (unpaired) electrons. The Morgan fingerprint density at radius 1 is 1.36 bits per heavy atom. The zero-order valence-electron chi connectivity index (χ0n) is 13.0. The number of nitrogens with zero attached hydrogens (tertiary/aromatic N) is 2. The van der Waals surface area contributed by atoms with E-state index in [0.717, 1.165) is 36.9 Å². The minimum atomic E-state index is -0.419. The molecule has 0 amide bonds. The third kappa shape index (κ3) is 2.63. The Labute approximate surface area is 128 Å². The standard InChI is InChI=1S/C17H20N2O3/c1-11-4-3-5-14-13(7-6-11)16(20)19-9-8-12(17(21)22-2)10-15(19)18-14/h8-11H,3-7H2,1-2H3. The fourth-order valence-corrected chi connectivity index (χ4v) is 3.08. The first-order valence-corrected chi connectivity index (χ1v) is 7.72. The molecule has 1 unspecified atom stereocenters. The smallest absolute Gasteiger partial charge is 0.338 e. The molecule has 2 heterocycles. The van der Waals surface area contributed by atoms with Crippen LogP contribution < -0.4 is 5.56 Å². The van der Waals surface area contributed by atoms with Crippen LogP contribution in [0.5, 0.6) is 0 Å². The molecular weight excluding hydrogens is 280 g/mol. The lowest BCUT2D eigenvalue weighted by molar-refractivity contribution is 0.0600. The van der Waals surface area contributed by atoms with Crippen molar-refractivity contribution in [1.82, 2.24) is 9.38 Å². The van der Waals surface area contributed by atoms with Crippen LogP contribution in [0.25, 0.3) is 5.65 Å². The highest BCUT2D eigenvalue weighted by atomic mass is 16.5. The molecule has 1 atom stereocenters. The van der Waals surface area contributed by atoms with E-state index in [2.05, 4.69) is 11.9 Å². The highest BCUT2D eigenvalue weighted by Gasteiger charge is 2.18. The van der Waals surface area contributed by atoms with Crippen LogP contribution in [0.15, 0.2) is 23.1 Å². The molecule has 0 saturated heterocycles. The first-order valence-electron chi connectivity index (χ1n) is 7.72. The number of methoxy groups -OCH3 is 1. The molecule has 116 valence electrons. The van der Waals surface area contributed by atoms with Gasteiger partial charge < -0.3 is 4.74 Å². The van der Waals surface area contributed by atoms with Gasteiger partial charge in [0, 0.05) is 11.8 Å². The largest absolute Gasteiger partial charge is 0.465 e. The maximum Gasteiger partial charge on any atom is 0.338 e. The van der Waals surface area contributed by atoms with Crippen molar-refractivity contribution in [2.45, 2.75) is 39.0 Å². The van der Waals surface area contributed by atoms with Gasteiger partial charge in [-0.25, -0.2) is 9.78 Å². The molecule has 1 aliphatic carbocycles. The number of aromatic nitrogens is 2. The number of carbonyl (C=O) groups is 1. The Bertz CT molecular complexity index is 779. The second kappa shape index (κ2) is 5.91. The third-order valence-corrected chi connectivity index (χ3v) is 4.43. The number of rotatable bonds is 1. The minimum Gasteiger partial charge on any atom is -0.465 e. The summed E-state index contributed by atoms with van der Waals surface area (Å²) in [4.78, 5) is 29.0. The summed E-state index contributed by atoms with van der Waals surface area (Å²) in [5, 5.41) is 0. The number of fused-ring (bicyclic) bond motifs is 2. The lowest BCUT2D eigenvalue weighted by Crippen LogP contribution is -2.24. The third-order valence-electron chi connectivity index (χ3n) is 4.43. The van der Waals surface area contributed by atoms with Gasteiger partial charge in [-0.2, -0.15) is 0 Å². The monoisotopic (exact) mass is 300 g/mol. The number of hydrogen-bond acceptors (Lipinski definition) is 4. The first kappa shape index (κ1) is 14.8. The van der Waals surface area contributed by atoms with Gasteiger partial charge in [0.2, 0.25) is 0 Å². The van der Waals surface area contributed by atoms with Crippen molar-refractivity contribution in [1.29, 1.82) is 0 Å². The Balaban J connectivity index is 2.14. The first-order chi connectivity index (χ1) is 10.6. The molecule has 0 N–H and O–H groups in total. The van der Waals surface area contributed by atoms with Crippen LogP contribution in [0, 0.1) is 5.92 Å². The second-order valence-electron chi connectivity index (χ2n) is 6.01. The van der Waals surface area contributed by atoms with Gasteiger partial charge in [0.05, 0.1) is 18.4 Å². The van der Waals surface area contributed by atoms with Crippen molar-refractivity contribution in [3.05, 3.63) is 45.5 Å². The van der Waals surface area contributed by atoms with Crippen LogP contribution in [-0.2, 0) is 17.6 Å². The molecule has 2 aromatic rings. The maximum absolute atomic E-state index is 12.7. The quantitative estimate of drug-likeness (QED) is 0.759. The van der Waals surface area contributed by atoms with E-state index in [1.807, 2.05) is 0 Å². The molecule has 5 nitrogen and oxygen atoms in total. The van der Waals surface area contributed by atoms with Gasteiger partial charge in [0.1, 0.15) is 5.65 Å². The maximum atomic E-state index is 12.7. The van der Waals surface area contributed by atoms with E-state index in [1.165, 1.54) is 17.9 Å².